The Bertz CT molecular complexity index is 46.8. The first-order valence-corrected chi connectivity index (χ1v) is 1.17. The molecular formula is C2H4AgNO2. The number of hydrogen-bond donors (Lipinski definition) is 1. The third-order valence-electron chi connectivity index (χ3n) is 0.167. The van der Waals surface area contributed by atoms with Gasteiger partial charge in [-0.25, -0.2) is 0 Å². The molecule has 0 aromatic rings. The van der Waals surface area contributed by atoms with Gasteiger partial charge >= 0.3 is 22.4 Å². The van der Waals surface area contributed by atoms with Gasteiger partial charge in [-0.15, -0.1) is 0 Å². The molecular weight excluding hydrogens is 178 g/mol. The largest absolute Gasteiger partial charge is 1.00 e. The molecule has 0 aromatic carbocycles. The zero-order valence-corrected chi connectivity index (χ0v) is 4.38. The van der Waals surface area contributed by atoms with E-state index < -0.39 is 5.97 Å². The van der Waals surface area contributed by atoms with Crippen molar-refractivity contribution < 1.29 is 32.3 Å². The molecule has 2 N–H and O–H groups in total. The summed E-state index contributed by atoms with van der Waals surface area (Å²) in [5.74, 6) is -1.22. The first-order valence-electron chi connectivity index (χ1n) is 1.17. The van der Waals surface area contributed by atoms with Gasteiger partial charge in [-0.1, -0.05) is 0 Å². The average molecular weight is 182 g/mol. The molecule has 0 bridgehead atoms. The molecule has 0 rings (SSSR count). The zero-order valence-electron chi connectivity index (χ0n) is 2.90. The van der Waals surface area contributed by atoms with Gasteiger partial charge in [-0.3, -0.25) is 0 Å². The third-order valence-corrected chi connectivity index (χ3v) is 0.167. The van der Waals surface area contributed by atoms with Crippen LogP contribution in [0.5, 0.6) is 0 Å². The van der Waals surface area contributed by atoms with E-state index in [4.69, 9.17) is 9.90 Å². The van der Waals surface area contributed by atoms with Crippen LogP contribution in [0.3, 0.4) is 0 Å². The van der Waals surface area contributed by atoms with E-state index in [1.54, 1.807) is 0 Å². The standard InChI is InChI=1S/C2H5NO2.Ag/c3-1-2(4)5;/h1,3H2,(H,4,5);/q;+1/p-1. The van der Waals surface area contributed by atoms with Crippen molar-refractivity contribution in [1.29, 1.82) is 0 Å². The fourth-order valence-electron chi connectivity index (χ4n) is 0. The Labute approximate surface area is 51.0 Å². The Kier molecular flexibility index (Phi) is 8.17. The monoisotopic (exact) mass is 181 g/mol. The van der Waals surface area contributed by atoms with Crippen molar-refractivity contribution >= 4 is 5.97 Å². The van der Waals surface area contributed by atoms with E-state index in [0.717, 1.165) is 0 Å². The molecule has 0 fully saturated rings. The van der Waals surface area contributed by atoms with Crippen LogP contribution in [0, 0.1) is 0 Å². The molecule has 0 spiro atoms. The van der Waals surface area contributed by atoms with E-state index in [-0.39, 0.29) is 28.9 Å². The van der Waals surface area contributed by atoms with Crippen molar-refractivity contribution in [3.05, 3.63) is 0 Å². The molecule has 4 heteroatoms. The summed E-state index contributed by atoms with van der Waals surface area (Å²) in [7, 11) is 0. The van der Waals surface area contributed by atoms with Gasteiger partial charge in [0.15, 0.2) is 0 Å². The Morgan fingerprint density at radius 1 is 1.83 bits per heavy atom. The normalized spacial score (nSPS) is 6.17. The Balaban J connectivity index is 0. The SMILES string of the molecule is NCC(=O)[O-].[Ag+]. The van der Waals surface area contributed by atoms with Gasteiger partial charge in [0.1, 0.15) is 0 Å². The van der Waals surface area contributed by atoms with E-state index in [0.29, 0.717) is 0 Å². The van der Waals surface area contributed by atoms with E-state index >= 15 is 0 Å². The number of carbonyl (C=O) groups excluding carboxylic acids is 1. The summed E-state index contributed by atoms with van der Waals surface area (Å²) in [6.45, 7) is -0.389. The van der Waals surface area contributed by atoms with Gasteiger partial charge in [0.2, 0.25) is 0 Å². The quantitative estimate of drug-likeness (QED) is 0.463. The number of rotatable bonds is 1. The number of carboxylic acids is 1. The minimum absolute atomic E-state index is 0. The molecule has 0 heterocycles. The molecule has 0 aliphatic carbocycles. The number of hydrogen-bond acceptors (Lipinski definition) is 3. The van der Waals surface area contributed by atoms with Gasteiger partial charge in [0, 0.05) is 6.54 Å². The summed E-state index contributed by atoms with van der Waals surface area (Å²) >= 11 is 0. The van der Waals surface area contributed by atoms with Crippen LogP contribution in [0.15, 0.2) is 0 Å². The summed E-state index contributed by atoms with van der Waals surface area (Å²) in [6.07, 6.45) is 0. The maximum absolute atomic E-state index is 9.13. The fourth-order valence-corrected chi connectivity index (χ4v) is 0. The summed E-state index contributed by atoms with van der Waals surface area (Å²) in [4.78, 5) is 9.13. The maximum Gasteiger partial charge on any atom is 1.00 e. The molecule has 0 saturated heterocycles. The second-order valence-corrected chi connectivity index (χ2v) is 0.576. The summed E-state index contributed by atoms with van der Waals surface area (Å²) < 4.78 is 0. The smallest absolute Gasteiger partial charge is 0.549 e. The summed E-state index contributed by atoms with van der Waals surface area (Å²) in [5, 5.41) is 9.13. The zero-order chi connectivity index (χ0) is 4.28. The molecule has 0 radical (unpaired) electrons. The predicted molar refractivity (Wildman–Crippen MR) is 14.1 cm³/mol. The van der Waals surface area contributed by atoms with Crippen LogP contribution in [0.1, 0.15) is 0 Å². The minimum atomic E-state index is -1.22. The second kappa shape index (κ2) is 5.17. The molecule has 6 heavy (non-hydrogen) atoms. The van der Waals surface area contributed by atoms with Crippen molar-refractivity contribution in [3.63, 3.8) is 0 Å². The van der Waals surface area contributed by atoms with Gasteiger partial charge in [-0.2, -0.15) is 0 Å². The number of carbonyl (C=O) groups is 1. The molecule has 0 saturated carbocycles. The van der Waals surface area contributed by atoms with E-state index in [9.17, 15) is 0 Å². The Morgan fingerprint density at radius 2 is 2.00 bits per heavy atom. The minimum Gasteiger partial charge on any atom is -0.549 e. The molecule has 0 aliphatic rings. The van der Waals surface area contributed by atoms with Crippen molar-refractivity contribution in [2.75, 3.05) is 6.54 Å². The van der Waals surface area contributed by atoms with Crippen LogP contribution in [-0.4, -0.2) is 12.5 Å². The first-order chi connectivity index (χ1) is 2.27. The number of nitrogens with two attached hydrogens (primary N) is 1. The molecule has 0 aliphatic heterocycles. The van der Waals surface area contributed by atoms with Gasteiger partial charge in [0.05, 0.1) is 5.97 Å². The van der Waals surface area contributed by atoms with Gasteiger partial charge in [-0.05, 0) is 0 Å². The van der Waals surface area contributed by atoms with Crippen molar-refractivity contribution in [2.45, 2.75) is 0 Å². The molecule has 40 valence electrons. The predicted octanol–water partition coefficient (Wildman–Crippen LogP) is -2.31. The molecule has 3 nitrogen and oxygen atoms in total. The molecule has 0 amide bonds. The van der Waals surface area contributed by atoms with Crippen LogP contribution < -0.4 is 10.8 Å². The maximum atomic E-state index is 9.13. The summed E-state index contributed by atoms with van der Waals surface area (Å²) in [5.41, 5.74) is 4.51. The average Bonchev–Trinajstić information content (AvgIpc) is 1.38. The third kappa shape index (κ3) is 8.90. The Morgan fingerprint density at radius 3 is 2.00 bits per heavy atom. The van der Waals surface area contributed by atoms with Crippen molar-refractivity contribution in [3.8, 4) is 0 Å². The van der Waals surface area contributed by atoms with Gasteiger partial charge in [0.25, 0.3) is 0 Å². The van der Waals surface area contributed by atoms with Gasteiger partial charge < -0.3 is 15.6 Å². The number of carboxylic acid groups (broad SMARTS) is 1. The van der Waals surface area contributed by atoms with Crippen LogP contribution in [-0.2, 0) is 27.2 Å². The van der Waals surface area contributed by atoms with Crippen LogP contribution in [0.2, 0.25) is 0 Å². The first kappa shape index (κ1) is 9.48. The van der Waals surface area contributed by atoms with Crippen molar-refractivity contribution in [1.82, 2.24) is 0 Å². The molecule has 0 aromatic heterocycles. The van der Waals surface area contributed by atoms with Crippen molar-refractivity contribution in [2.24, 2.45) is 5.73 Å². The summed E-state index contributed by atoms with van der Waals surface area (Å²) in [6, 6.07) is 0. The van der Waals surface area contributed by atoms with Crippen LogP contribution >= 0.6 is 0 Å². The second-order valence-electron chi connectivity index (χ2n) is 0.576. The number of aliphatic carboxylic acids is 1. The van der Waals surface area contributed by atoms with E-state index in [1.807, 2.05) is 0 Å². The Hall–Kier alpha value is 0.170. The van der Waals surface area contributed by atoms with Crippen LogP contribution in [0.25, 0.3) is 0 Å². The van der Waals surface area contributed by atoms with Crippen LogP contribution in [0.4, 0.5) is 0 Å². The molecule has 0 atom stereocenters. The molecule has 0 unspecified atom stereocenters. The van der Waals surface area contributed by atoms with E-state index in [1.165, 1.54) is 0 Å². The topological polar surface area (TPSA) is 66.2 Å². The van der Waals surface area contributed by atoms with E-state index in [2.05, 4.69) is 5.73 Å². The fraction of sp³-hybridized carbons (Fsp3) is 0.500.